The van der Waals surface area contributed by atoms with Gasteiger partial charge >= 0.3 is 0 Å². The molecule has 0 nitrogen and oxygen atoms in total. The summed E-state index contributed by atoms with van der Waals surface area (Å²) >= 11 is 9.62. The van der Waals surface area contributed by atoms with Crippen LogP contribution in [0.25, 0.3) is 0 Å². The minimum atomic E-state index is 0.130. The lowest BCUT2D eigenvalue weighted by atomic mass is 10.0. The maximum atomic E-state index is 3.89. The molecule has 92 valence electrons. The maximum Gasteiger partial charge on any atom is 0.0594 e. The molecule has 0 aliphatic heterocycles. The van der Waals surface area contributed by atoms with Crippen LogP contribution in [0.1, 0.15) is 56.7 Å². The van der Waals surface area contributed by atoms with Crippen LogP contribution in [0.3, 0.4) is 0 Å². The quantitative estimate of drug-likeness (QED) is 0.545. The van der Waals surface area contributed by atoms with Crippen molar-refractivity contribution in [1.29, 1.82) is 0 Å². The summed E-state index contributed by atoms with van der Waals surface area (Å²) in [6.07, 6.45) is 3.38. The lowest BCUT2D eigenvalue weighted by Crippen LogP contribution is -2.13. The zero-order chi connectivity index (χ0) is 12.4. The van der Waals surface area contributed by atoms with Crippen LogP contribution in [-0.2, 0) is 8.65 Å². The molecule has 1 atom stereocenters. The Morgan fingerprint density at radius 3 is 1.94 bits per heavy atom. The van der Waals surface area contributed by atoms with Gasteiger partial charge in [-0.05, 0) is 38.3 Å². The topological polar surface area (TPSA) is 0 Å². The van der Waals surface area contributed by atoms with Gasteiger partial charge in [-0.3, -0.25) is 0 Å². The standard InChI is InChI=1S/C13H20Br2S/c1-5-12(4,14)10-8-9-11(16-10)13(15,6-2)7-3/h8-9H,5-7H2,1-4H3. The fraction of sp³-hybridized carbons (Fsp3) is 0.692. The Balaban J connectivity index is 3.03. The molecular weight excluding hydrogens is 348 g/mol. The molecule has 0 aliphatic carbocycles. The number of alkyl halides is 2. The van der Waals surface area contributed by atoms with Gasteiger partial charge < -0.3 is 0 Å². The van der Waals surface area contributed by atoms with Crippen LogP contribution in [0.5, 0.6) is 0 Å². The first-order valence-corrected chi connectivity index (χ1v) is 8.28. The molecule has 0 aromatic carbocycles. The van der Waals surface area contributed by atoms with Gasteiger partial charge in [-0.2, -0.15) is 0 Å². The molecule has 0 bridgehead atoms. The number of hydrogen-bond acceptors (Lipinski definition) is 1. The van der Waals surface area contributed by atoms with Gasteiger partial charge in [0.1, 0.15) is 0 Å². The maximum absolute atomic E-state index is 3.89. The van der Waals surface area contributed by atoms with Crippen molar-refractivity contribution in [3.05, 3.63) is 21.9 Å². The molecule has 0 N–H and O–H groups in total. The molecule has 16 heavy (non-hydrogen) atoms. The largest absolute Gasteiger partial charge is 0.142 e. The normalized spacial score (nSPS) is 16.1. The Bertz CT molecular complexity index is 337. The van der Waals surface area contributed by atoms with Gasteiger partial charge in [0.25, 0.3) is 0 Å². The SMILES string of the molecule is CCC(C)(Br)c1ccc(C(Br)(CC)CC)s1. The molecule has 3 heteroatoms. The van der Waals surface area contributed by atoms with E-state index >= 15 is 0 Å². The molecule has 0 radical (unpaired) electrons. The van der Waals surface area contributed by atoms with Crippen molar-refractivity contribution in [2.75, 3.05) is 0 Å². The minimum absolute atomic E-state index is 0.130. The molecule has 1 aromatic heterocycles. The Hall–Kier alpha value is 0.660. The molecule has 0 saturated carbocycles. The van der Waals surface area contributed by atoms with E-state index in [0.29, 0.717) is 0 Å². The average Bonchev–Trinajstić information content (AvgIpc) is 2.78. The van der Waals surface area contributed by atoms with Crippen LogP contribution < -0.4 is 0 Å². The van der Waals surface area contributed by atoms with Gasteiger partial charge in [-0.1, -0.05) is 52.6 Å². The zero-order valence-electron chi connectivity index (χ0n) is 10.4. The predicted molar refractivity (Wildman–Crippen MR) is 82.1 cm³/mol. The number of hydrogen-bond donors (Lipinski definition) is 0. The molecule has 0 saturated heterocycles. The first-order chi connectivity index (χ1) is 7.39. The van der Waals surface area contributed by atoms with Crippen molar-refractivity contribution in [1.82, 2.24) is 0 Å². The van der Waals surface area contributed by atoms with Crippen LogP contribution >= 0.6 is 43.2 Å². The second kappa shape index (κ2) is 5.53. The molecular formula is C13H20Br2S. The third kappa shape index (κ3) is 2.91. The monoisotopic (exact) mass is 366 g/mol. The van der Waals surface area contributed by atoms with Gasteiger partial charge in [0.2, 0.25) is 0 Å². The van der Waals surface area contributed by atoms with Crippen LogP contribution in [-0.4, -0.2) is 0 Å². The Kier molecular flexibility index (Phi) is 5.09. The molecule has 0 spiro atoms. The highest BCUT2D eigenvalue weighted by Crippen LogP contribution is 2.46. The van der Waals surface area contributed by atoms with E-state index in [1.54, 1.807) is 0 Å². The lowest BCUT2D eigenvalue weighted by Gasteiger charge is -2.23. The van der Waals surface area contributed by atoms with Crippen LogP contribution in [0.2, 0.25) is 0 Å². The second-order valence-corrected chi connectivity index (χ2v) is 8.74. The van der Waals surface area contributed by atoms with Gasteiger partial charge in [-0.25, -0.2) is 0 Å². The predicted octanol–water partition coefficient (Wildman–Crippen LogP) is 6.18. The van der Waals surface area contributed by atoms with Crippen molar-refractivity contribution in [3.63, 3.8) is 0 Å². The highest BCUT2D eigenvalue weighted by atomic mass is 79.9. The fourth-order valence-electron chi connectivity index (χ4n) is 1.63. The van der Waals surface area contributed by atoms with E-state index in [9.17, 15) is 0 Å². The second-order valence-electron chi connectivity index (χ2n) is 4.39. The van der Waals surface area contributed by atoms with E-state index in [0.717, 1.165) is 19.3 Å². The van der Waals surface area contributed by atoms with Crippen LogP contribution in [0, 0.1) is 0 Å². The number of rotatable bonds is 5. The molecule has 0 amide bonds. The van der Waals surface area contributed by atoms with Gasteiger partial charge in [0, 0.05) is 9.75 Å². The lowest BCUT2D eigenvalue weighted by molar-refractivity contribution is 0.605. The summed E-state index contributed by atoms with van der Waals surface area (Å²) in [6, 6.07) is 4.54. The Labute approximate surface area is 120 Å². The minimum Gasteiger partial charge on any atom is -0.142 e. The van der Waals surface area contributed by atoms with Crippen molar-refractivity contribution in [3.8, 4) is 0 Å². The highest BCUT2D eigenvalue weighted by Gasteiger charge is 2.29. The van der Waals surface area contributed by atoms with Gasteiger partial charge in [0.05, 0.1) is 8.65 Å². The summed E-state index contributed by atoms with van der Waals surface area (Å²) in [7, 11) is 0. The van der Waals surface area contributed by atoms with Gasteiger partial charge in [-0.15, -0.1) is 11.3 Å². The highest BCUT2D eigenvalue weighted by molar-refractivity contribution is 9.10. The smallest absolute Gasteiger partial charge is 0.0594 e. The summed E-state index contributed by atoms with van der Waals surface area (Å²) in [5.74, 6) is 0. The summed E-state index contributed by atoms with van der Waals surface area (Å²) < 4.78 is 0.304. The molecule has 1 rings (SSSR count). The van der Waals surface area contributed by atoms with E-state index in [2.05, 4.69) is 71.7 Å². The van der Waals surface area contributed by atoms with Crippen molar-refractivity contribution in [2.45, 2.75) is 55.6 Å². The summed E-state index contributed by atoms with van der Waals surface area (Å²) in [4.78, 5) is 2.88. The summed E-state index contributed by atoms with van der Waals surface area (Å²) in [5, 5.41) is 0. The van der Waals surface area contributed by atoms with E-state index in [-0.39, 0.29) is 8.65 Å². The first-order valence-electron chi connectivity index (χ1n) is 5.88. The third-order valence-corrected chi connectivity index (χ3v) is 7.96. The van der Waals surface area contributed by atoms with Crippen molar-refractivity contribution >= 4 is 43.2 Å². The molecule has 0 aliphatic rings. The van der Waals surface area contributed by atoms with E-state index in [1.807, 2.05) is 11.3 Å². The molecule has 1 unspecified atom stereocenters. The molecule has 1 aromatic rings. The average molecular weight is 368 g/mol. The Morgan fingerprint density at radius 2 is 1.50 bits per heavy atom. The van der Waals surface area contributed by atoms with E-state index in [1.165, 1.54) is 9.75 Å². The number of halogens is 2. The van der Waals surface area contributed by atoms with Crippen LogP contribution in [0.4, 0.5) is 0 Å². The number of thiophene rings is 1. The fourth-order valence-corrected chi connectivity index (χ4v) is 3.72. The summed E-state index contributed by atoms with van der Waals surface area (Å²) in [6.45, 7) is 8.95. The van der Waals surface area contributed by atoms with Crippen molar-refractivity contribution < 1.29 is 0 Å². The summed E-state index contributed by atoms with van der Waals surface area (Å²) in [5.41, 5.74) is 0. The van der Waals surface area contributed by atoms with Gasteiger partial charge in [0.15, 0.2) is 0 Å². The zero-order valence-corrected chi connectivity index (χ0v) is 14.4. The Morgan fingerprint density at radius 1 is 1.00 bits per heavy atom. The van der Waals surface area contributed by atoms with E-state index in [4.69, 9.17) is 0 Å². The van der Waals surface area contributed by atoms with E-state index < -0.39 is 0 Å². The third-order valence-electron chi connectivity index (χ3n) is 3.35. The first kappa shape index (κ1) is 14.7. The van der Waals surface area contributed by atoms with Crippen molar-refractivity contribution in [2.24, 2.45) is 0 Å². The molecule has 1 heterocycles. The van der Waals surface area contributed by atoms with Crippen LogP contribution in [0.15, 0.2) is 12.1 Å². The molecule has 0 fully saturated rings.